The molecule has 0 fully saturated rings. The predicted molar refractivity (Wildman–Crippen MR) is 114 cm³/mol. The molecule has 0 saturated heterocycles. The number of amides is 1. The fourth-order valence-electron chi connectivity index (χ4n) is 3.99. The van der Waals surface area contributed by atoms with Gasteiger partial charge in [0.1, 0.15) is 5.82 Å². The maximum absolute atomic E-state index is 13.9. The minimum Gasteiger partial charge on any atom is -0.334 e. The Balaban J connectivity index is 1.52. The Morgan fingerprint density at radius 2 is 1.97 bits per heavy atom. The van der Waals surface area contributed by atoms with Crippen molar-refractivity contribution in [3.05, 3.63) is 81.9 Å². The van der Waals surface area contributed by atoms with E-state index in [0.717, 1.165) is 28.2 Å². The number of aromatic nitrogens is 3. The number of carbonyl (C=O) groups is 1. The number of hydrogen-bond acceptors (Lipinski definition) is 3. The number of carbonyl (C=O) groups excluding carboxylic acids is 1. The summed E-state index contributed by atoms with van der Waals surface area (Å²) in [5.74, 6) is -0.520. The van der Waals surface area contributed by atoms with Crippen LogP contribution in [0, 0.1) is 12.7 Å². The first-order chi connectivity index (χ1) is 14.5. The Bertz CT molecular complexity index is 1280. The molecule has 0 spiro atoms. The number of nitrogens with one attached hydrogen (secondary N) is 1. The third-order valence-corrected chi connectivity index (χ3v) is 5.72. The number of pyridine rings is 1. The Morgan fingerprint density at radius 1 is 1.17 bits per heavy atom. The topological polar surface area (TPSA) is 61.9 Å². The van der Waals surface area contributed by atoms with E-state index in [0.29, 0.717) is 41.0 Å². The van der Waals surface area contributed by atoms with Crippen molar-refractivity contribution in [3.8, 4) is 11.3 Å². The molecule has 5 rings (SSSR count). The summed E-state index contributed by atoms with van der Waals surface area (Å²) in [7, 11) is 0. The van der Waals surface area contributed by atoms with Gasteiger partial charge in [0, 0.05) is 52.4 Å². The molecule has 150 valence electrons. The molecular formula is C23H18ClFN4O. The normalized spacial score (nSPS) is 13.5. The van der Waals surface area contributed by atoms with Crippen molar-refractivity contribution >= 4 is 28.4 Å². The molecule has 0 unspecified atom stereocenters. The quantitative estimate of drug-likeness (QED) is 0.500. The van der Waals surface area contributed by atoms with Gasteiger partial charge in [0.05, 0.1) is 16.8 Å². The summed E-state index contributed by atoms with van der Waals surface area (Å²) in [6.07, 6.45) is 0.679. The highest BCUT2D eigenvalue weighted by molar-refractivity contribution is 6.30. The number of aryl methyl sites for hydroxylation is 1. The molecule has 0 radical (unpaired) electrons. The molecule has 0 saturated carbocycles. The van der Waals surface area contributed by atoms with Gasteiger partial charge in [-0.2, -0.15) is 5.10 Å². The third kappa shape index (κ3) is 3.23. The van der Waals surface area contributed by atoms with E-state index in [2.05, 4.69) is 15.2 Å². The van der Waals surface area contributed by atoms with Crippen LogP contribution in [0.15, 0.2) is 48.5 Å². The zero-order valence-corrected chi connectivity index (χ0v) is 17.0. The number of aromatic amines is 1. The van der Waals surface area contributed by atoms with Crippen molar-refractivity contribution in [2.24, 2.45) is 0 Å². The highest BCUT2D eigenvalue weighted by Crippen LogP contribution is 2.30. The first-order valence-electron chi connectivity index (χ1n) is 9.68. The largest absolute Gasteiger partial charge is 0.334 e. The number of rotatable bonds is 2. The van der Waals surface area contributed by atoms with Gasteiger partial charge in [-0.3, -0.25) is 14.9 Å². The van der Waals surface area contributed by atoms with Crippen LogP contribution in [0.25, 0.3) is 22.2 Å². The third-order valence-electron chi connectivity index (χ3n) is 5.47. The molecule has 7 heteroatoms. The van der Waals surface area contributed by atoms with Gasteiger partial charge in [0.25, 0.3) is 5.91 Å². The van der Waals surface area contributed by atoms with E-state index in [-0.39, 0.29) is 11.7 Å². The van der Waals surface area contributed by atoms with E-state index in [1.165, 1.54) is 12.1 Å². The fourth-order valence-corrected chi connectivity index (χ4v) is 4.12. The summed E-state index contributed by atoms with van der Waals surface area (Å²) in [6, 6.07) is 13.6. The van der Waals surface area contributed by atoms with E-state index in [1.807, 2.05) is 31.2 Å². The molecule has 30 heavy (non-hydrogen) atoms. The summed E-state index contributed by atoms with van der Waals surface area (Å²) in [4.78, 5) is 19.6. The van der Waals surface area contributed by atoms with Gasteiger partial charge in [-0.15, -0.1) is 0 Å². The maximum Gasteiger partial charge on any atom is 0.254 e. The van der Waals surface area contributed by atoms with E-state index < -0.39 is 0 Å². The number of benzene rings is 2. The van der Waals surface area contributed by atoms with Crippen LogP contribution in [-0.4, -0.2) is 32.5 Å². The maximum atomic E-state index is 13.9. The minimum absolute atomic E-state index is 0.134. The lowest BCUT2D eigenvalue weighted by Gasteiger charge is -2.28. The van der Waals surface area contributed by atoms with Gasteiger partial charge in [-0.25, -0.2) is 4.39 Å². The molecule has 2 aromatic carbocycles. The second-order valence-electron chi connectivity index (χ2n) is 7.49. The molecule has 1 amide bonds. The summed E-state index contributed by atoms with van der Waals surface area (Å²) in [5.41, 5.74) is 5.60. The van der Waals surface area contributed by atoms with Crippen LogP contribution >= 0.6 is 11.6 Å². The summed E-state index contributed by atoms with van der Waals surface area (Å²) >= 11 is 6.01. The Kier molecular flexibility index (Phi) is 4.51. The zero-order valence-electron chi connectivity index (χ0n) is 16.2. The molecule has 0 aliphatic carbocycles. The van der Waals surface area contributed by atoms with Crippen LogP contribution < -0.4 is 0 Å². The van der Waals surface area contributed by atoms with Crippen LogP contribution in [0.2, 0.25) is 5.02 Å². The molecule has 1 aliphatic heterocycles. The molecule has 0 bridgehead atoms. The smallest absolute Gasteiger partial charge is 0.254 e. The van der Waals surface area contributed by atoms with Gasteiger partial charge >= 0.3 is 0 Å². The molecule has 4 aromatic rings. The van der Waals surface area contributed by atoms with E-state index in [4.69, 9.17) is 11.6 Å². The van der Waals surface area contributed by atoms with Crippen molar-refractivity contribution in [3.63, 3.8) is 0 Å². The van der Waals surface area contributed by atoms with Crippen LogP contribution in [0.4, 0.5) is 4.39 Å². The van der Waals surface area contributed by atoms with Crippen LogP contribution in [0.1, 0.15) is 27.3 Å². The lowest BCUT2D eigenvalue weighted by atomic mass is 9.99. The number of fused-ring (bicyclic) bond motifs is 2. The van der Waals surface area contributed by atoms with Crippen molar-refractivity contribution < 1.29 is 9.18 Å². The lowest BCUT2D eigenvalue weighted by Crippen LogP contribution is -2.36. The van der Waals surface area contributed by atoms with Crippen molar-refractivity contribution in [1.82, 2.24) is 20.1 Å². The van der Waals surface area contributed by atoms with Gasteiger partial charge in [-0.1, -0.05) is 23.7 Å². The molecule has 1 aliphatic rings. The molecule has 2 aromatic heterocycles. The summed E-state index contributed by atoms with van der Waals surface area (Å²) < 4.78 is 13.9. The van der Waals surface area contributed by atoms with Crippen LogP contribution in [0.5, 0.6) is 0 Å². The monoisotopic (exact) mass is 420 g/mol. The Morgan fingerprint density at radius 3 is 2.77 bits per heavy atom. The first kappa shape index (κ1) is 18.8. The van der Waals surface area contributed by atoms with E-state index in [9.17, 15) is 9.18 Å². The summed E-state index contributed by atoms with van der Waals surface area (Å²) in [5, 5.41) is 8.77. The predicted octanol–water partition coefficient (Wildman–Crippen LogP) is 4.92. The van der Waals surface area contributed by atoms with Crippen molar-refractivity contribution in [2.45, 2.75) is 19.9 Å². The number of halogens is 2. The van der Waals surface area contributed by atoms with Gasteiger partial charge in [0.15, 0.2) is 0 Å². The zero-order chi connectivity index (χ0) is 20.8. The first-order valence-corrected chi connectivity index (χ1v) is 10.1. The van der Waals surface area contributed by atoms with Crippen LogP contribution in [0.3, 0.4) is 0 Å². The van der Waals surface area contributed by atoms with Gasteiger partial charge in [-0.05, 0) is 43.3 Å². The lowest BCUT2D eigenvalue weighted by molar-refractivity contribution is 0.0736. The molecule has 1 N–H and O–H groups in total. The van der Waals surface area contributed by atoms with Crippen molar-refractivity contribution in [2.75, 3.05) is 6.54 Å². The standard InChI is InChI=1S/C23H18ClFN4O/c1-13-10-18(17-11-16(25)6-7-20(17)26-13)23(30)29-9-8-21-19(12-29)22(28-27-21)14-2-4-15(24)5-3-14/h2-7,10-11H,8-9,12H2,1H3,(H,27,28). The Labute approximate surface area is 177 Å². The number of nitrogens with zero attached hydrogens (tertiary/aromatic N) is 3. The SMILES string of the molecule is Cc1cc(C(=O)N2CCc3[nH]nc(-c4ccc(Cl)cc4)c3C2)c2cc(F)ccc2n1. The van der Waals surface area contributed by atoms with Crippen LogP contribution in [-0.2, 0) is 13.0 Å². The fraction of sp³-hybridized carbons (Fsp3) is 0.174. The van der Waals surface area contributed by atoms with E-state index in [1.54, 1.807) is 17.0 Å². The molecule has 0 atom stereocenters. The van der Waals surface area contributed by atoms with E-state index >= 15 is 0 Å². The highest BCUT2D eigenvalue weighted by atomic mass is 35.5. The average molecular weight is 421 g/mol. The summed E-state index contributed by atoms with van der Waals surface area (Å²) in [6.45, 7) is 2.83. The highest BCUT2D eigenvalue weighted by Gasteiger charge is 2.27. The molecular weight excluding hydrogens is 403 g/mol. The van der Waals surface area contributed by atoms with Crippen molar-refractivity contribution in [1.29, 1.82) is 0 Å². The minimum atomic E-state index is -0.386. The number of H-pyrrole nitrogens is 1. The van der Waals surface area contributed by atoms with Gasteiger partial charge < -0.3 is 4.90 Å². The molecule has 5 nitrogen and oxygen atoms in total. The second-order valence-corrected chi connectivity index (χ2v) is 7.92. The number of hydrogen-bond donors (Lipinski definition) is 1. The second kappa shape index (κ2) is 7.22. The van der Waals surface area contributed by atoms with Gasteiger partial charge in [0.2, 0.25) is 0 Å². The molecule has 3 heterocycles. The average Bonchev–Trinajstić information content (AvgIpc) is 3.17. The Hall–Kier alpha value is -3.25.